The van der Waals surface area contributed by atoms with E-state index in [4.69, 9.17) is 5.73 Å². The fraction of sp³-hybridized carbons (Fsp3) is 0.391. The highest BCUT2D eigenvalue weighted by molar-refractivity contribution is 5.94. The van der Waals surface area contributed by atoms with Crippen molar-refractivity contribution in [1.82, 2.24) is 20.6 Å². The highest BCUT2D eigenvalue weighted by Gasteiger charge is 2.33. The Morgan fingerprint density at radius 2 is 1.93 bits per heavy atom. The zero-order chi connectivity index (χ0) is 20.6. The van der Waals surface area contributed by atoms with Crippen molar-refractivity contribution in [3.05, 3.63) is 53.9 Å². The Morgan fingerprint density at radius 1 is 1.21 bits per heavy atom. The number of hydrogen-bond acceptors (Lipinski definition) is 4. The molecule has 0 spiro atoms. The van der Waals surface area contributed by atoms with Crippen LogP contribution in [0.2, 0.25) is 0 Å². The molecule has 1 aliphatic rings. The summed E-state index contributed by atoms with van der Waals surface area (Å²) >= 11 is 0. The molecule has 2 aromatic carbocycles. The van der Waals surface area contributed by atoms with Crippen LogP contribution in [0.3, 0.4) is 0 Å². The summed E-state index contributed by atoms with van der Waals surface area (Å²) in [6, 6.07) is 14.7. The van der Waals surface area contributed by atoms with Crippen molar-refractivity contribution in [2.24, 2.45) is 11.7 Å². The van der Waals surface area contributed by atoms with Gasteiger partial charge in [0.05, 0.1) is 11.0 Å². The van der Waals surface area contributed by atoms with E-state index in [1.807, 2.05) is 18.2 Å². The van der Waals surface area contributed by atoms with Crippen LogP contribution in [-0.2, 0) is 0 Å². The van der Waals surface area contributed by atoms with E-state index in [9.17, 15) is 4.79 Å². The van der Waals surface area contributed by atoms with Gasteiger partial charge in [0, 0.05) is 24.7 Å². The Morgan fingerprint density at radius 3 is 2.62 bits per heavy atom. The number of aromatic nitrogens is 2. The van der Waals surface area contributed by atoms with Crippen LogP contribution in [0.1, 0.15) is 36.5 Å². The lowest BCUT2D eigenvalue weighted by Crippen LogP contribution is -2.41. The van der Waals surface area contributed by atoms with E-state index in [1.54, 1.807) is 0 Å². The molecule has 5 N–H and O–H groups in total. The first-order chi connectivity index (χ1) is 13.8. The minimum atomic E-state index is -0.209. The summed E-state index contributed by atoms with van der Waals surface area (Å²) in [6.45, 7) is 7.64. The standard InChI is InChI=1S/C23H29N5O/c1-14-4-6-15(7-5-14)16-8-9-19-20(10-16)28-21(27-19)22(29)26-13-18-11-17(12-25-18)23(2,3)24/h4-10,17-18,25H,11-13,24H2,1-3H3,(H,26,29)(H,27,28)/t17?,18-/m0/s1. The van der Waals surface area contributed by atoms with E-state index in [0.717, 1.165) is 35.1 Å². The third-order valence-electron chi connectivity index (χ3n) is 5.87. The number of carbonyl (C=O) groups is 1. The first-order valence-electron chi connectivity index (χ1n) is 10.2. The van der Waals surface area contributed by atoms with E-state index in [-0.39, 0.29) is 17.5 Å². The first-order valence-corrected chi connectivity index (χ1v) is 10.2. The van der Waals surface area contributed by atoms with Crippen molar-refractivity contribution >= 4 is 16.9 Å². The zero-order valence-corrected chi connectivity index (χ0v) is 17.3. The quantitative estimate of drug-likeness (QED) is 0.538. The predicted molar refractivity (Wildman–Crippen MR) is 117 cm³/mol. The summed E-state index contributed by atoms with van der Waals surface area (Å²) in [5.41, 5.74) is 11.1. The number of H-pyrrole nitrogens is 1. The average Bonchev–Trinajstić information content (AvgIpc) is 3.33. The van der Waals surface area contributed by atoms with Crippen molar-refractivity contribution in [2.75, 3.05) is 13.1 Å². The summed E-state index contributed by atoms with van der Waals surface area (Å²) < 4.78 is 0. The second kappa shape index (κ2) is 7.61. The molecule has 1 amide bonds. The number of imidazole rings is 1. The van der Waals surface area contributed by atoms with Crippen molar-refractivity contribution in [1.29, 1.82) is 0 Å². The number of benzene rings is 2. The molecule has 1 fully saturated rings. The predicted octanol–water partition coefficient (Wildman–Crippen LogP) is 2.98. The second-order valence-electron chi connectivity index (χ2n) is 8.75. The summed E-state index contributed by atoms with van der Waals surface area (Å²) in [5, 5.41) is 6.44. The highest BCUT2D eigenvalue weighted by atomic mass is 16.2. The molecule has 1 unspecified atom stereocenters. The number of nitrogens with one attached hydrogen (secondary N) is 3. The lowest BCUT2D eigenvalue weighted by atomic mass is 9.86. The van der Waals surface area contributed by atoms with E-state index >= 15 is 0 Å². The molecule has 6 nitrogen and oxygen atoms in total. The van der Waals surface area contributed by atoms with Crippen LogP contribution < -0.4 is 16.4 Å². The monoisotopic (exact) mass is 391 g/mol. The molecule has 2 heterocycles. The molecule has 0 saturated carbocycles. The summed E-state index contributed by atoms with van der Waals surface area (Å²) in [5.74, 6) is 0.570. The molecule has 0 aliphatic carbocycles. The zero-order valence-electron chi connectivity index (χ0n) is 17.3. The van der Waals surface area contributed by atoms with E-state index in [2.05, 4.69) is 65.6 Å². The second-order valence-corrected chi connectivity index (χ2v) is 8.75. The van der Waals surface area contributed by atoms with Gasteiger partial charge in [-0.2, -0.15) is 0 Å². The Kier molecular flexibility index (Phi) is 5.15. The van der Waals surface area contributed by atoms with Gasteiger partial charge in [0.2, 0.25) is 0 Å². The number of aromatic amines is 1. The Labute approximate surface area is 171 Å². The van der Waals surface area contributed by atoms with Crippen LogP contribution in [0.5, 0.6) is 0 Å². The Balaban J connectivity index is 1.43. The van der Waals surface area contributed by atoms with Crippen LogP contribution in [0, 0.1) is 12.8 Å². The smallest absolute Gasteiger partial charge is 0.287 e. The molecule has 4 rings (SSSR count). The number of fused-ring (bicyclic) bond motifs is 1. The number of carbonyl (C=O) groups excluding carboxylic acids is 1. The van der Waals surface area contributed by atoms with Crippen molar-refractivity contribution in [3.8, 4) is 11.1 Å². The molecule has 3 aromatic rings. The minimum Gasteiger partial charge on any atom is -0.348 e. The largest absolute Gasteiger partial charge is 0.348 e. The molecule has 0 bridgehead atoms. The maximum absolute atomic E-state index is 12.6. The van der Waals surface area contributed by atoms with Crippen LogP contribution >= 0.6 is 0 Å². The van der Waals surface area contributed by atoms with Gasteiger partial charge < -0.3 is 21.4 Å². The minimum absolute atomic E-state index is 0.185. The van der Waals surface area contributed by atoms with Gasteiger partial charge in [-0.25, -0.2) is 4.98 Å². The topological polar surface area (TPSA) is 95.8 Å². The van der Waals surface area contributed by atoms with Gasteiger partial charge in [0.1, 0.15) is 0 Å². The number of amides is 1. The van der Waals surface area contributed by atoms with Crippen LogP contribution in [-0.4, -0.2) is 40.5 Å². The number of hydrogen-bond donors (Lipinski definition) is 4. The van der Waals surface area contributed by atoms with Gasteiger partial charge in [-0.05, 0) is 56.4 Å². The molecule has 152 valence electrons. The molecule has 6 heteroatoms. The third kappa shape index (κ3) is 4.33. The molecular formula is C23H29N5O. The normalized spacial score (nSPS) is 19.6. The maximum atomic E-state index is 12.6. The Bertz CT molecular complexity index is 1020. The lowest BCUT2D eigenvalue weighted by molar-refractivity contribution is 0.0941. The molecule has 29 heavy (non-hydrogen) atoms. The van der Waals surface area contributed by atoms with Crippen LogP contribution in [0.4, 0.5) is 0 Å². The summed E-state index contributed by atoms with van der Waals surface area (Å²) in [4.78, 5) is 20.2. The average molecular weight is 392 g/mol. The molecule has 1 aliphatic heterocycles. The van der Waals surface area contributed by atoms with Gasteiger partial charge in [0.15, 0.2) is 5.82 Å². The van der Waals surface area contributed by atoms with Gasteiger partial charge >= 0.3 is 0 Å². The number of rotatable bonds is 5. The van der Waals surface area contributed by atoms with Crippen molar-refractivity contribution in [3.63, 3.8) is 0 Å². The number of aryl methyl sites for hydroxylation is 1. The van der Waals surface area contributed by atoms with Gasteiger partial charge in [-0.3, -0.25) is 4.79 Å². The van der Waals surface area contributed by atoms with E-state index < -0.39 is 0 Å². The fourth-order valence-electron chi connectivity index (χ4n) is 3.88. The molecule has 1 saturated heterocycles. The van der Waals surface area contributed by atoms with E-state index in [1.165, 1.54) is 5.56 Å². The van der Waals surface area contributed by atoms with Gasteiger partial charge in [-0.1, -0.05) is 35.9 Å². The van der Waals surface area contributed by atoms with Crippen molar-refractivity contribution < 1.29 is 4.79 Å². The highest BCUT2D eigenvalue weighted by Crippen LogP contribution is 2.25. The summed E-state index contributed by atoms with van der Waals surface area (Å²) in [7, 11) is 0. The fourth-order valence-corrected chi connectivity index (χ4v) is 3.88. The maximum Gasteiger partial charge on any atom is 0.287 e. The molecule has 2 atom stereocenters. The molecule has 1 aromatic heterocycles. The number of nitrogens with zero attached hydrogens (tertiary/aromatic N) is 1. The van der Waals surface area contributed by atoms with Gasteiger partial charge in [-0.15, -0.1) is 0 Å². The van der Waals surface area contributed by atoms with Crippen LogP contribution in [0.25, 0.3) is 22.2 Å². The Hall–Kier alpha value is -2.70. The molecule has 0 radical (unpaired) electrons. The lowest BCUT2D eigenvalue weighted by Gasteiger charge is -2.26. The van der Waals surface area contributed by atoms with Crippen molar-refractivity contribution in [2.45, 2.75) is 38.8 Å². The number of nitrogens with two attached hydrogens (primary N) is 1. The SMILES string of the molecule is Cc1ccc(-c2ccc3nc(C(=O)NC[C@@H]4CC(C(C)(C)N)CN4)[nH]c3c2)cc1. The summed E-state index contributed by atoms with van der Waals surface area (Å²) in [6.07, 6.45) is 0.962. The third-order valence-corrected chi connectivity index (χ3v) is 5.87. The van der Waals surface area contributed by atoms with Crippen LogP contribution in [0.15, 0.2) is 42.5 Å². The van der Waals surface area contributed by atoms with Gasteiger partial charge in [0.25, 0.3) is 5.91 Å². The van der Waals surface area contributed by atoms with E-state index in [0.29, 0.717) is 18.3 Å². The molecular weight excluding hydrogens is 362 g/mol. The first kappa shape index (κ1) is 19.6.